The third-order valence-corrected chi connectivity index (χ3v) is 5.48. The third kappa shape index (κ3) is 4.47. The zero-order valence-corrected chi connectivity index (χ0v) is 17.5. The Morgan fingerprint density at radius 2 is 1.79 bits per heavy atom. The molecule has 5 N–H and O–H groups in total. The summed E-state index contributed by atoms with van der Waals surface area (Å²) in [5.41, 5.74) is 0.192. The van der Waals surface area contributed by atoms with Crippen LogP contribution in [-0.4, -0.2) is 63.6 Å². The lowest BCUT2D eigenvalue weighted by atomic mass is 9.99. The number of carbonyl (C=O) groups excluding carboxylic acids is 1. The summed E-state index contributed by atoms with van der Waals surface area (Å²) in [6, 6.07) is 13.0. The topological polar surface area (TPSA) is 159 Å². The van der Waals surface area contributed by atoms with Gasteiger partial charge in [0.15, 0.2) is 0 Å². The average Bonchev–Trinajstić information content (AvgIpc) is 2.82. The van der Waals surface area contributed by atoms with Gasteiger partial charge in [-0.25, -0.2) is 4.79 Å². The number of rotatable bonds is 5. The number of benzene rings is 2. The highest BCUT2D eigenvalue weighted by Gasteiger charge is 2.44. The monoisotopic (exact) mass is 457 g/mol. The predicted molar refractivity (Wildman–Crippen MR) is 116 cm³/mol. The number of anilines is 1. The molecule has 0 unspecified atom stereocenters. The predicted octanol–water partition coefficient (Wildman–Crippen LogP) is 0.532. The van der Waals surface area contributed by atoms with Crippen molar-refractivity contribution in [2.45, 2.75) is 37.6 Å². The normalized spacial score (nSPS) is 25.1. The lowest BCUT2D eigenvalue weighted by Gasteiger charge is -2.39. The molecule has 4 rings (SSSR count). The van der Waals surface area contributed by atoms with E-state index in [9.17, 15) is 30.0 Å². The molecule has 174 valence electrons. The van der Waals surface area contributed by atoms with E-state index in [1.807, 2.05) is 0 Å². The molecule has 10 nitrogen and oxygen atoms in total. The van der Waals surface area contributed by atoms with Gasteiger partial charge in [-0.3, -0.25) is 4.79 Å². The van der Waals surface area contributed by atoms with Crippen LogP contribution in [0.4, 0.5) is 5.69 Å². The minimum atomic E-state index is -1.59. The Balaban J connectivity index is 1.60. The number of nitrogens with one attached hydrogen (secondary N) is 1. The fourth-order valence-corrected chi connectivity index (χ4v) is 3.59. The van der Waals surface area contributed by atoms with Crippen molar-refractivity contribution in [1.82, 2.24) is 0 Å². The first-order valence-corrected chi connectivity index (χ1v) is 10.2. The molecule has 0 spiro atoms. The molecule has 5 atom stereocenters. The number of hydrogen-bond acceptors (Lipinski definition) is 9. The first-order chi connectivity index (χ1) is 15.8. The summed E-state index contributed by atoms with van der Waals surface area (Å²) in [6.07, 6.45) is -7.18. The smallest absolute Gasteiger partial charge is 0.360 e. The van der Waals surface area contributed by atoms with Crippen LogP contribution in [0.2, 0.25) is 0 Å². The molecule has 1 aromatic heterocycles. The number of carbonyl (C=O) groups is 1. The summed E-state index contributed by atoms with van der Waals surface area (Å²) in [5.74, 6) is -0.266. The van der Waals surface area contributed by atoms with Crippen LogP contribution < -0.4 is 15.7 Å². The molecule has 0 aliphatic carbocycles. The number of aliphatic hydroxyl groups excluding tert-OH is 4. The van der Waals surface area contributed by atoms with Crippen molar-refractivity contribution in [1.29, 1.82) is 0 Å². The summed E-state index contributed by atoms with van der Waals surface area (Å²) in [5, 5.41) is 42.4. The van der Waals surface area contributed by atoms with Gasteiger partial charge in [0.2, 0.25) is 6.29 Å². The summed E-state index contributed by atoms with van der Waals surface area (Å²) < 4.78 is 16.4. The third-order valence-electron chi connectivity index (χ3n) is 5.48. The Morgan fingerprint density at radius 1 is 1.06 bits per heavy atom. The fraction of sp³-hybridized carbons (Fsp3) is 0.304. The molecule has 2 heterocycles. The molecule has 2 aromatic carbocycles. The quantitative estimate of drug-likeness (QED) is 0.345. The van der Waals surface area contributed by atoms with Gasteiger partial charge in [-0.1, -0.05) is 18.2 Å². The van der Waals surface area contributed by atoms with E-state index in [0.717, 1.165) is 0 Å². The molecular formula is C23H23NO9. The van der Waals surface area contributed by atoms with Gasteiger partial charge in [0, 0.05) is 16.5 Å². The molecule has 1 saturated heterocycles. The number of fused-ring (bicyclic) bond motifs is 1. The summed E-state index contributed by atoms with van der Waals surface area (Å²) >= 11 is 0. The van der Waals surface area contributed by atoms with Crippen molar-refractivity contribution in [3.05, 3.63) is 70.1 Å². The Labute approximate surface area is 187 Å². The molecule has 0 bridgehead atoms. The van der Waals surface area contributed by atoms with Gasteiger partial charge >= 0.3 is 5.63 Å². The second-order valence-corrected chi connectivity index (χ2v) is 7.69. The molecule has 1 aliphatic rings. The van der Waals surface area contributed by atoms with Crippen LogP contribution in [0.15, 0.2) is 57.7 Å². The second kappa shape index (κ2) is 9.30. The van der Waals surface area contributed by atoms with Crippen LogP contribution in [0.3, 0.4) is 0 Å². The van der Waals surface area contributed by atoms with Gasteiger partial charge in [-0.15, -0.1) is 0 Å². The van der Waals surface area contributed by atoms with E-state index in [2.05, 4.69) is 5.32 Å². The summed E-state index contributed by atoms with van der Waals surface area (Å²) in [7, 11) is 0. The minimum absolute atomic E-state index is 0.0293. The number of aliphatic hydroxyl groups is 4. The number of aryl methyl sites for hydroxylation is 1. The van der Waals surface area contributed by atoms with Gasteiger partial charge in [0.05, 0.1) is 6.61 Å². The highest BCUT2D eigenvalue weighted by atomic mass is 16.7. The van der Waals surface area contributed by atoms with Crippen LogP contribution in [0, 0.1) is 6.92 Å². The minimum Gasteiger partial charge on any atom is -0.462 e. The molecule has 33 heavy (non-hydrogen) atoms. The number of hydrogen-bond donors (Lipinski definition) is 5. The van der Waals surface area contributed by atoms with Crippen molar-refractivity contribution < 1.29 is 39.1 Å². The highest BCUT2D eigenvalue weighted by Crippen LogP contribution is 2.31. The summed E-state index contributed by atoms with van der Waals surface area (Å²) in [4.78, 5) is 24.9. The highest BCUT2D eigenvalue weighted by molar-refractivity contribution is 6.04. The van der Waals surface area contributed by atoms with Crippen LogP contribution in [0.1, 0.15) is 15.9 Å². The molecule has 0 saturated carbocycles. The lowest BCUT2D eigenvalue weighted by Crippen LogP contribution is -2.60. The maximum atomic E-state index is 12.5. The first-order valence-electron chi connectivity index (χ1n) is 10.2. The fourth-order valence-electron chi connectivity index (χ4n) is 3.59. The Kier molecular flexibility index (Phi) is 6.45. The Morgan fingerprint density at radius 3 is 2.48 bits per heavy atom. The van der Waals surface area contributed by atoms with Crippen LogP contribution in [-0.2, 0) is 4.74 Å². The molecule has 10 heteroatoms. The Bertz CT molecular complexity index is 1210. The van der Waals surface area contributed by atoms with Gasteiger partial charge in [0.25, 0.3) is 5.91 Å². The van der Waals surface area contributed by atoms with Crippen LogP contribution in [0.25, 0.3) is 11.0 Å². The maximum Gasteiger partial charge on any atom is 0.360 e. The largest absolute Gasteiger partial charge is 0.462 e. The molecular weight excluding hydrogens is 434 g/mol. The van der Waals surface area contributed by atoms with Crippen LogP contribution >= 0.6 is 0 Å². The van der Waals surface area contributed by atoms with Gasteiger partial charge in [0.1, 0.15) is 41.4 Å². The first kappa shape index (κ1) is 22.9. The van der Waals surface area contributed by atoms with E-state index >= 15 is 0 Å². The van der Waals surface area contributed by atoms with Crippen molar-refractivity contribution in [3.63, 3.8) is 0 Å². The SMILES string of the molecule is Cc1c(O[C@@H]2O[C@H](CO)[C@H](O)[C@H](O)[C@H]2O)ccc2cc(NC(=O)c3ccccc3)c(=O)oc12. The van der Waals surface area contributed by atoms with Gasteiger partial charge < -0.3 is 39.6 Å². The van der Waals surface area contributed by atoms with Crippen molar-refractivity contribution in [2.75, 3.05) is 11.9 Å². The lowest BCUT2D eigenvalue weighted by molar-refractivity contribution is -0.277. The standard InChI is InChI=1S/C23H23NO9/c1-11-15(31-23-19(28)18(27)17(26)16(10-25)32-23)8-7-13-9-14(22(30)33-20(11)13)24-21(29)12-5-3-2-4-6-12/h2-9,16-19,23,25-28H,10H2,1H3,(H,24,29)/t16-,17+,18+,19-,23-/m1/s1. The van der Waals surface area contributed by atoms with Crippen LogP contribution in [0.5, 0.6) is 5.75 Å². The second-order valence-electron chi connectivity index (χ2n) is 7.69. The van der Waals surface area contributed by atoms with E-state index in [1.54, 1.807) is 49.4 Å². The van der Waals surface area contributed by atoms with E-state index in [1.165, 1.54) is 6.07 Å². The Hall–Kier alpha value is -3.28. The van der Waals surface area contributed by atoms with E-state index in [4.69, 9.17) is 13.9 Å². The van der Waals surface area contributed by atoms with Gasteiger partial charge in [-0.2, -0.15) is 0 Å². The average molecular weight is 457 g/mol. The summed E-state index contributed by atoms with van der Waals surface area (Å²) in [6.45, 7) is 1.03. The molecule has 1 amide bonds. The number of amides is 1. The van der Waals surface area contributed by atoms with E-state index in [-0.39, 0.29) is 17.0 Å². The van der Waals surface area contributed by atoms with Crippen molar-refractivity contribution in [3.8, 4) is 5.75 Å². The van der Waals surface area contributed by atoms with Gasteiger partial charge in [-0.05, 0) is 37.3 Å². The van der Waals surface area contributed by atoms with E-state index in [0.29, 0.717) is 16.5 Å². The molecule has 1 aliphatic heterocycles. The zero-order valence-electron chi connectivity index (χ0n) is 17.5. The molecule has 1 fully saturated rings. The zero-order chi connectivity index (χ0) is 23.7. The van der Waals surface area contributed by atoms with Crippen molar-refractivity contribution >= 4 is 22.6 Å². The van der Waals surface area contributed by atoms with Crippen molar-refractivity contribution in [2.24, 2.45) is 0 Å². The molecule has 3 aromatic rings. The number of ether oxygens (including phenoxy) is 2. The molecule has 0 radical (unpaired) electrons. The van der Waals surface area contributed by atoms with E-state index < -0.39 is 48.8 Å². The maximum absolute atomic E-state index is 12.5.